The lowest BCUT2D eigenvalue weighted by molar-refractivity contribution is -0.114. The van der Waals surface area contributed by atoms with Crippen molar-refractivity contribution in [3.63, 3.8) is 0 Å². The van der Waals surface area contributed by atoms with Crippen LogP contribution in [0.2, 0.25) is 10.0 Å². The summed E-state index contributed by atoms with van der Waals surface area (Å²) in [6, 6.07) is 9.86. The first-order valence-corrected chi connectivity index (χ1v) is 8.95. The van der Waals surface area contributed by atoms with Gasteiger partial charge in [0.1, 0.15) is 5.75 Å². The SMILES string of the molecule is CSc1cc(C(=O)COc2cc(Cl)cc(Cl)c2)ccc1NC(C)=O. The van der Waals surface area contributed by atoms with Crippen LogP contribution in [0, 0.1) is 0 Å². The Morgan fingerprint density at radius 2 is 1.79 bits per heavy atom. The van der Waals surface area contributed by atoms with E-state index in [1.165, 1.54) is 18.7 Å². The van der Waals surface area contributed by atoms with Gasteiger partial charge in [-0.05, 0) is 42.7 Å². The Kier molecular flexibility index (Phi) is 6.54. The molecule has 0 atom stereocenters. The molecule has 0 bridgehead atoms. The normalized spacial score (nSPS) is 10.3. The topological polar surface area (TPSA) is 55.4 Å². The number of thioether (sulfide) groups is 1. The van der Waals surface area contributed by atoms with Crippen LogP contribution in [0.5, 0.6) is 5.75 Å². The van der Waals surface area contributed by atoms with Gasteiger partial charge in [-0.1, -0.05) is 23.2 Å². The Hall–Kier alpha value is -1.69. The molecule has 126 valence electrons. The predicted octanol–water partition coefficient (Wildman–Crippen LogP) is 4.94. The first-order chi connectivity index (χ1) is 11.4. The Morgan fingerprint density at radius 3 is 2.38 bits per heavy atom. The van der Waals surface area contributed by atoms with Crippen molar-refractivity contribution in [1.82, 2.24) is 0 Å². The summed E-state index contributed by atoms with van der Waals surface area (Å²) >= 11 is 13.2. The number of ether oxygens (including phenoxy) is 1. The smallest absolute Gasteiger partial charge is 0.221 e. The second-order valence-corrected chi connectivity index (χ2v) is 6.63. The van der Waals surface area contributed by atoms with Crippen LogP contribution < -0.4 is 10.1 Å². The number of carbonyl (C=O) groups excluding carboxylic acids is 2. The van der Waals surface area contributed by atoms with E-state index in [0.29, 0.717) is 27.0 Å². The Labute approximate surface area is 154 Å². The molecule has 1 amide bonds. The highest BCUT2D eigenvalue weighted by molar-refractivity contribution is 7.98. The monoisotopic (exact) mass is 383 g/mol. The number of amides is 1. The van der Waals surface area contributed by atoms with Gasteiger partial charge in [0.2, 0.25) is 5.91 Å². The molecular weight excluding hydrogens is 369 g/mol. The number of halogens is 2. The lowest BCUT2D eigenvalue weighted by Crippen LogP contribution is -2.12. The maximum atomic E-state index is 12.3. The molecule has 0 aliphatic rings. The third kappa shape index (κ3) is 5.16. The van der Waals surface area contributed by atoms with Crippen molar-refractivity contribution in [3.05, 3.63) is 52.0 Å². The van der Waals surface area contributed by atoms with Gasteiger partial charge in [-0.25, -0.2) is 0 Å². The summed E-state index contributed by atoms with van der Waals surface area (Å²) in [4.78, 5) is 24.3. The zero-order valence-electron chi connectivity index (χ0n) is 13.1. The van der Waals surface area contributed by atoms with Gasteiger partial charge in [0.15, 0.2) is 12.4 Å². The molecule has 0 saturated carbocycles. The van der Waals surface area contributed by atoms with Gasteiger partial charge in [0.05, 0.1) is 5.69 Å². The van der Waals surface area contributed by atoms with Crippen LogP contribution in [0.4, 0.5) is 5.69 Å². The largest absolute Gasteiger partial charge is 0.485 e. The summed E-state index contributed by atoms with van der Waals surface area (Å²) in [7, 11) is 0. The van der Waals surface area contributed by atoms with E-state index < -0.39 is 0 Å². The van der Waals surface area contributed by atoms with Crippen LogP contribution in [-0.2, 0) is 4.79 Å². The van der Waals surface area contributed by atoms with Gasteiger partial charge >= 0.3 is 0 Å². The number of rotatable bonds is 6. The average Bonchev–Trinajstić information content (AvgIpc) is 2.51. The van der Waals surface area contributed by atoms with Gasteiger partial charge in [-0.15, -0.1) is 11.8 Å². The molecule has 0 aromatic heterocycles. The van der Waals surface area contributed by atoms with Gasteiger partial charge in [-0.2, -0.15) is 0 Å². The zero-order valence-corrected chi connectivity index (χ0v) is 15.4. The first kappa shape index (κ1) is 18.6. The van der Waals surface area contributed by atoms with E-state index in [1.54, 1.807) is 36.4 Å². The second-order valence-electron chi connectivity index (χ2n) is 4.91. The molecule has 0 radical (unpaired) electrons. The minimum absolute atomic E-state index is 0.135. The van der Waals surface area contributed by atoms with Crippen molar-refractivity contribution in [1.29, 1.82) is 0 Å². The van der Waals surface area contributed by atoms with Crippen molar-refractivity contribution in [2.45, 2.75) is 11.8 Å². The first-order valence-electron chi connectivity index (χ1n) is 6.97. The van der Waals surface area contributed by atoms with Crippen molar-refractivity contribution in [2.75, 3.05) is 18.2 Å². The van der Waals surface area contributed by atoms with Crippen molar-refractivity contribution < 1.29 is 14.3 Å². The zero-order chi connectivity index (χ0) is 17.7. The maximum Gasteiger partial charge on any atom is 0.221 e. The van der Waals surface area contributed by atoms with Crippen molar-refractivity contribution in [2.24, 2.45) is 0 Å². The van der Waals surface area contributed by atoms with Crippen LogP contribution in [-0.4, -0.2) is 24.6 Å². The molecule has 7 heteroatoms. The number of hydrogen-bond donors (Lipinski definition) is 1. The predicted molar refractivity (Wildman–Crippen MR) is 98.8 cm³/mol. The molecule has 1 N–H and O–H groups in total. The van der Waals surface area contributed by atoms with Gasteiger partial charge in [-0.3, -0.25) is 9.59 Å². The fraction of sp³-hybridized carbons (Fsp3) is 0.176. The summed E-state index contributed by atoms with van der Waals surface area (Å²) in [5.41, 5.74) is 1.18. The highest BCUT2D eigenvalue weighted by Gasteiger charge is 2.11. The Morgan fingerprint density at radius 1 is 1.12 bits per heavy atom. The highest BCUT2D eigenvalue weighted by atomic mass is 35.5. The summed E-state index contributed by atoms with van der Waals surface area (Å²) < 4.78 is 5.46. The van der Waals surface area contributed by atoms with Crippen molar-refractivity contribution >= 4 is 52.3 Å². The van der Waals surface area contributed by atoms with Crippen LogP contribution >= 0.6 is 35.0 Å². The number of ketones is 1. The minimum Gasteiger partial charge on any atom is -0.485 e. The third-order valence-electron chi connectivity index (χ3n) is 3.04. The quantitative estimate of drug-likeness (QED) is 0.567. The minimum atomic E-state index is -0.184. The molecule has 4 nitrogen and oxygen atoms in total. The number of hydrogen-bond acceptors (Lipinski definition) is 4. The third-order valence-corrected chi connectivity index (χ3v) is 4.25. The summed E-state index contributed by atoms with van der Waals surface area (Å²) in [5, 5.41) is 3.61. The maximum absolute atomic E-state index is 12.3. The molecule has 0 spiro atoms. The van der Waals surface area contributed by atoms with Gasteiger partial charge in [0, 0.05) is 27.4 Å². The van der Waals surface area contributed by atoms with Gasteiger partial charge in [0.25, 0.3) is 0 Å². The summed E-state index contributed by atoms with van der Waals surface area (Å²) in [5.74, 6) is 0.0853. The number of nitrogens with one attached hydrogen (secondary N) is 1. The summed E-state index contributed by atoms with van der Waals surface area (Å²) in [6.07, 6.45) is 1.87. The molecule has 0 fully saturated rings. The van der Waals surface area contributed by atoms with E-state index in [-0.39, 0.29) is 18.3 Å². The molecule has 24 heavy (non-hydrogen) atoms. The number of benzene rings is 2. The average molecular weight is 384 g/mol. The second kappa shape index (κ2) is 8.42. The van der Waals surface area contributed by atoms with E-state index in [9.17, 15) is 9.59 Å². The molecule has 0 unspecified atom stereocenters. The lowest BCUT2D eigenvalue weighted by atomic mass is 10.1. The van der Waals surface area contributed by atoms with Crippen LogP contribution in [0.25, 0.3) is 0 Å². The molecular formula is C17H15Cl2NO3S. The molecule has 0 aliphatic heterocycles. The van der Waals surface area contributed by atoms with Crippen molar-refractivity contribution in [3.8, 4) is 5.75 Å². The van der Waals surface area contributed by atoms with E-state index in [4.69, 9.17) is 27.9 Å². The van der Waals surface area contributed by atoms with Crippen LogP contribution in [0.3, 0.4) is 0 Å². The Balaban J connectivity index is 2.10. The molecule has 0 saturated heterocycles. The molecule has 0 heterocycles. The lowest BCUT2D eigenvalue weighted by Gasteiger charge is -2.11. The number of carbonyl (C=O) groups is 2. The van der Waals surface area contributed by atoms with E-state index in [0.717, 1.165) is 4.90 Å². The van der Waals surface area contributed by atoms with Crippen LogP contribution in [0.15, 0.2) is 41.3 Å². The van der Waals surface area contributed by atoms with Crippen LogP contribution in [0.1, 0.15) is 17.3 Å². The fourth-order valence-corrected chi connectivity index (χ4v) is 3.09. The van der Waals surface area contributed by atoms with E-state index >= 15 is 0 Å². The number of anilines is 1. The highest BCUT2D eigenvalue weighted by Crippen LogP contribution is 2.27. The molecule has 2 aromatic rings. The Bertz CT molecular complexity index is 760. The molecule has 0 aliphatic carbocycles. The van der Waals surface area contributed by atoms with E-state index in [2.05, 4.69) is 5.32 Å². The standard InChI is InChI=1S/C17H15Cl2NO3S/c1-10(21)20-15-4-3-11(5-17(15)24-2)16(22)9-23-14-7-12(18)6-13(19)8-14/h3-8H,9H2,1-2H3,(H,20,21). The number of Topliss-reactive ketones (excluding diaryl/α,β-unsaturated/α-hetero) is 1. The fourth-order valence-electron chi connectivity index (χ4n) is 2.00. The van der Waals surface area contributed by atoms with E-state index in [1.807, 2.05) is 6.26 Å². The molecule has 2 rings (SSSR count). The molecule has 2 aromatic carbocycles. The van der Waals surface area contributed by atoms with Gasteiger partial charge < -0.3 is 10.1 Å². The summed E-state index contributed by atoms with van der Waals surface area (Å²) in [6.45, 7) is 1.30.